The number of anilines is 3. The molecule has 20 heteroatoms. The van der Waals surface area contributed by atoms with Gasteiger partial charge in [-0.2, -0.15) is 9.97 Å². The molecule has 2 saturated carbocycles. The predicted octanol–water partition coefficient (Wildman–Crippen LogP) is 5.51. The van der Waals surface area contributed by atoms with Crippen LogP contribution in [0.25, 0.3) is 0 Å². The molecule has 0 bridgehead atoms. The monoisotopic (exact) mass is 857 g/mol. The molecule has 2 aliphatic carbocycles. The van der Waals surface area contributed by atoms with Crippen molar-refractivity contribution in [3.05, 3.63) is 66.7 Å². The van der Waals surface area contributed by atoms with E-state index in [1.807, 2.05) is 0 Å². The maximum atomic E-state index is 12.7. The first kappa shape index (κ1) is 45.9. The van der Waals surface area contributed by atoms with Gasteiger partial charge in [-0.1, -0.05) is 50.7 Å². The quantitative estimate of drug-likeness (QED) is 0.114. The largest absolute Gasteiger partial charge is 0.489 e. The minimum Gasteiger partial charge on any atom is -0.489 e. The molecular weight excluding hydrogens is 807 g/mol. The molecule has 0 saturated heterocycles. The fourth-order valence-electron chi connectivity index (χ4n) is 6.44. The molecule has 0 unspecified atom stereocenters. The van der Waals surface area contributed by atoms with Crippen molar-refractivity contribution in [3.8, 4) is 23.3 Å². The number of aliphatic carboxylic acids is 1. The second-order valence-corrected chi connectivity index (χ2v) is 17.0. The molecule has 2 aromatic heterocycles. The number of carboxylic acids is 1. The van der Waals surface area contributed by atoms with Gasteiger partial charge in [0.05, 0.1) is 44.1 Å². The van der Waals surface area contributed by atoms with Gasteiger partial charge in [0.25, 0.3) is 31.8 Å². The maximum Gasteiger partial charge on any atom is 0.306 e. The van der Waals surface area contributed by atoms with Crippen LogP contribution in [-0.4, -0.2) is 82.1 Å². The number of sulfonamides is 2. The Hall–Kier alpha value is -5.76. The summed E-state index contributed by atoms with van der Waals surface area (Å²) in [5.74, 6) is 0.141. The van der Waals surface area contributed by atoms with Gasteiger partial charge in [-0.15, -0.1) is 0 Å². The maximum absolute atomic E-state index is 12.7. The summed E-state index contributed by atoms with van der Waals surface area (Å²) in [6, 6.07) is 12.1. The van der Waals surface area contributed by atoms with Crippen molar-refractivity contribution >= 4 is 49.1 Å². The Morgan fingerprint density at radius 3 is 1.41 bits per heavy atom. The lowest BCUT2D eigenvalue weighted by atomic mass is 9.84. The third kappa shape index (κ3) is 13.1. The molecule has 4 aromatic rings. The second-order valence-electron chi connectivity index (χ2n) is 13.6. The van der Waals surface area contributed by atoms with E-state index >= 15 is 0 Å². The average molecular weight is 858 g/mol. The Bertz CT molecular complexity index is 2210. The van der Waals surface area contributed by atoms with Crippen molar-refractivity contribution in [2.45, 2.75) is 80.4 Å². The number of ketones is 1. The zero-order chi connectivity index (χ0) is 43.0. The first-order valence-corrected chi connectivity index (χ1v) is 21.8. The third-order valence-corrected chi connectivity index (χ3v) is 12.3. The molecule has 2 aromatic carbocycles. The smallest absolute Gasteiger partial charge is 0.306 e. The minimum atomic E-state index is -3.90. The number of nitrogens with two attached hydrogens (primary N) is 1. The summed E-state index contributed by atoms with van der Waals surface area (Å²) in [4.78, 5) is 38.4. The summed E-state index contributed by atoms with van der Waals surface area (Å²) >= 11 is 0. The number of carboxylic acid groups (broad SMARTS) is 1. The van der Waals surface area contributed by atoms with Crippen LogP contribution in [0, 0.1) is 11.8 Å². The summed E-state index contributed by atoms with van der Waals surface area (Å²) in [6.45, 7) is 0. The zero-order valence-electron chi connectivity index (χ0n) is 33.4. The number of benzene rings is 2. The third-order valence-electron chi connectivity index (χ3n) is 9.62. The number of hydrogen-bond donors (Lipinski definition) is 4. The first-order valence-electron chi connectivity index (χ1n) is 18.8. The Labute approximate surface area is 344 Å². The lowest BCUT2D eigenvalue weighted by Crippen LogP contribution is -2.19. The number of nitrogens with zero attached hydrogens (tertiary/aromatic N) is 4. The van der Waals surface area contributed by atoms with Gasteiger partial charge in [-0.25, -0.2) is 26.8 Å². The molecule has 0 aliphatic heterocycles. The number of hydrogen-bond acceptors (Lipinski definition) is 15. The van der Waals surface area contributed by atoms with Gasteiger partial charge in [0.15, 0.2) is 11.6 Å². The summed E-state index contributed by atoms with van der Waals surface area (Å²) in [5.41, 5.74) is 6.81. The lowest BCUT2D eigenvalue weighted by Gasteiger charge is -2.20. The highest BCUT2D eigenvalue weighted by Gasteiger charge is 2.24. The molecule has 0 radical (unpaired) electrons. The summed E-state index contributed by atoms with van der Waals surface area (Å²) in [7, 11) is -2.19. The van der Waals surface area contributed by atoms with Gasteiger partial charge in [-0.3, -0.25) is 19.0 Å². The van der Waals surface area contributed by atoms with Gasteiger partial charge in [0, 0.05) is 18.0 Å². The number of ether oxygens (including phenoxy) is 4. The van der Waals surface area contributed by atoms with Crippen LogP contribution in [0.2, 0.25) is 0 Å². The lowest BCUT2D eigenvalue weighted by molar-refractivity contribution is -0.142. The van der Waals surface area contributed by atoms with Crippen LogP contribution in [0.15, 0.2) is 71.0 Å². The highest BCUT2D eigenvalue weighted by atomic mass is 32.2. The van der Waals surface area contributed by atoms with Gasteiger partial charge >= 0.3 is 5.97 Å². The molecule has 18 nitrogen and oxygen atoms in total. The van der Waals surface area contributed by atoms with Crippen LogP contribution in [0.1, 0.15) is 69.8 Å². The first-order chi connectivity index (χ1) is 28.2. The molecule has 59 heavy (non-hydrogen) atoms. The SMILES string of the molecule is COc1ncnc(NS(=O)(=O)c2ccc(CC(=O)C3CCCCC3)cc2)c1OC.COc1ncnc(NS(=O)(=O)c2ccc(N)cc2)c1OC.O=C(O)C1CCCCC1. The Balaban J connectivity index is 0.000000222. The molecule has 0 atom stereocenters. The van der Waals surface area contributed by atoms with Gasteiger partial charge in [0.2, 0.25) is 11.5 Å². The number of aromatic nitrogens is 4. The molecule has 0 amide bonds. The van der Waals surface area contributed by atoms with Crippen LogP contribution in [0.5, 0.6) is 23.3 Å². The van der Waals surface area contributed by atoms with Crippen molar-refractivity contribution in [1.82, 2.24) is 19.9 Å². The van der Waals surface area contributed by atoms with Crippen molar-refractivity contribution in [1.29, 1.82) is 0 Å². The van der Waals surface area contributed by atoms with Crippen molar-refractivity contribution < 1.29 is 50.5 Å². The summed E-state index contributed by atoms with van der Waals surface area (Å²) in [6.07, 6.45) is 13.2. The molecule has 320 valence electrons. The molecule has 2 heterocycles. The topological polar surface area (TPSA) is 261 Å². The van der Waals surface area contributed by atoms with E-state index in [0.29, 0.717) is 12.1 Å². The zero-order valence-corrected chi connectivity index (χ0v) is 35.1. The highest BCUT2D eigenvalue weighted by Crippen LogP contribution is 2.33. The Kier molecular flexibility index (Phi) is 17.0. The number of rotatable bonds is 14. The van der Waals surface area contributed by atoms with E-state index in [-0.39, 0.29) is 62.3 Å². The van der Waals surface area contributed by atoms with E-state index in [2.05, 4.69) is 29.4 Å². The van der Waals surface area contributed by atoms with Crippen LogP contribution >= 0.6 is 0 Å². The van der Waals surface area contributed by atoms with Crippen molar-refractivity contribution in [2.75, 3.05) is 43.6 Å². The number of carbonyl (C=O) groups excluding carboxylic acids is 1. The van der Waals surface area contributed by atoms with E-state index in [1.165, 1.54) is 90.3 Å². The number of Topliss-reactive ketones (excluding diaryl/α,β-unsaturated/α-hetero) is 1. The fourth-order valence-corrected chi connectivity index (χ4v) is 8.47. The predicted molar refractivity (Wildman–Crippen MR) is 219 cm³/mol. The molecule has 0 spiro atoms. The highest BCUT2D eigenvalue weighted by molar-refractivity contribution is 7.93. The molecular formula is C39H51N7O11S2. The van der Waals surface area contributed by atoms with Gasteiger partial charge in [0.1, 0.15) is 18.4 Å². The molecule has 5 N–H and O–H groups in total. The van der Waals surface area contributed by atoms with E-state index in [9.17, 15) is 26.4 Å². The van der Waals surface area contributed by atoms with Crippen molar-refractivity contribution in [2.24, 2.45) is 11.8 Å². The average Bonchev–Trinajstić information content (AvgIpc) is 3.24. The molecule has 2 fully saturated rings. The number of carbonyl (C=O) groups is 2. The summed E-state index contributed by atoms with van der Waals surface area (Å²) < 4.78 is 75.0. The van der Waals surface area contributed by atoms with E-state index in [4.69, 9.17) is 29.8 Å². The number of nitrogens with one attached hydrogen (secondary N) is 2. The van der Waals surface area contributed by atoms with Crippen LogP contribution in [0.4, 0.5) is 17.3 Å². The Morgan fingerprint density at radius 2 is 1.03 bits per heavy atom. The Morgan fingerprint density at radius 1 is 0.627 bits per heavy atom. The minimum absolute atomic E-state index is 0.0128. The van der Waals surface area contributed by atoms with Crippen LogP contribution in [-0.2, 0) is 36.1 Å². The summed E-state index contributed by atoms with van der Waals surface area (Å²) in [5, 5.41) is 8.54. The fraction of sp³-hybridized carbons (Fsp3) is 0.436. The second kappa shape index (κ2) is 21.8. The molecule has 6 rings (SSSR count). The standard InChI is InChI=1S/C20H25N3O5S.C12H14N4O4S.C7H12O2/c1-27-18-19(21-13-22-20(18)28-2)23-29(25,26)16-10-8-14(9-11-16)12-17(24)15-6-4-3-5-7-15;1-19-10-11(14-7-15-12(10)20-2)16-21(17,18)9-5-3-8(13)4-6-9;8-7(9)6-4-2-1-3-5-6/h8-11,13,15H,3-7,12H2,1-2H3,(H,21,22,23);3-7H,13H2,1-2H3,(H,14,15,16);6H,1-5H2,(H,8,9). The molecule has 2 aliphatic rings. The van der Waals surface area contributed by atoms with Crippen LogP contribution in [0.3, 0.4) is 0 Å². The van der Waals surface area contributed by atoms with Gasteiger partial charge in [-0.05, 0) is 67.6 Å². The van der Waals surface area contributed by atoms with Crippen molar-refractivity contribution in [3.63, 3.8) is 0 Å². The van der Waals surface area contributed by atoms with E-state index in [1.54, 1.807) is 12.1 Å². The number of nitrogen functional groups attached to an aromatic ring is 1. The van der Waals surface area contributed by atoms with Crippen LogP contribution < -0.4 is 34.1 Å². The normalized spacial score (nSPS) is 14.6. The van der Waals surface area contributed by atoms with E-state index < -0.39 is 26.0 Å². The number of methoxy groups -OCH3 is 4. The van der Waals surface area contributed by atoms with Gasteiger partial charge < -0.3 is 29.8 Å². The van der Waals surface area contributed by atoms with E-state index in [0.717, 1.165) is 56.9 Å².